The Bertz CT molecular complexity index is 596. The molecule has 0 fully saturated rings. The summed E-state index contributed by atoms with van der Waals surface area (Å²) in [4.78, 5) is 4.34. The minimum Gasteiger partial charge on any atom is -0.383 e. The lowest BCUT2D eigenvalue weighted by Gasteiger charge is -2.16. The number of nitrogens with zero attached hydrogens (tertiary/aromatic N) is 3. The van der Waals surface area contributed by atoms with Crippen molar-refractivity contribution in [1.29, 1.82) is 0 Å². The summed E-state index contributed by atoms with van der Waals surface area (Å²) < 4.78 is 2.76. The molecule has 0 unspecified atom stereocenters. The van der Waals surface area contributed by atoms with Gasteiger partial charge in [0.25, 0.3) is 0 Å². The van der Waals surface area contributed by atoms with Crippen LogP contribution in [0.4, 0.5) is 5.82 Å². The number of anilines is 1. The molecule has 0 amide bonds. The molecular weight excluding hydrogens is 351 g/mol. The number of nitrogen functional groups attached to an aromatic ring is 1. The zero-order chi connectivity index (χ0) is 14.2. The van der Waals surface area contributed by atoms with Gasteiger partial charge in [-0.3, -0.25) is 0 Å². The highest BCUT2D eigenvalue weighted by molar-refractivity contribution is 14.1. The Hall–Kier alpha value is -1.11. The Balaban J connectivity index is 2.46. The van der Waals surface area contributed by atoms with Crippen LogP contribution in [-0.4, -0.2) is 14.8 Å². The number of halogens is 1. The van der Waals surface area contributed by atoms with Gasteiger partial charge in [-0.2, -0.15) is 9.78 Å². The van der Waals surface area contributed by atoms with E-state index in [0.29, 0.717) is 5.82 Å². The van der Waals surface area contributed by atoms with Gasteiger partial charge in [-0.25, -0.2) is 4.98 Å². The van der Waals surface area contributed by atoms with Gasteiger partial charge in [-0.05, 0) is 59.0 Å². The Labute approximate surface area is 127 Å². The Morgan fingerprint density at radius 3 is 2.63 bits per heavy atom. The molecule has 4 nitrogen and oxygen atoms in total. The summed E-state index contributed by atoms with van der Waals surface area (Å²) in [6, 6.07) is 3.95. The largest absolute Gasteiger partial charge is 0.383 e. The highest BCUT2D eigenvalue weighted by Gasteiger charge is 2.20. The fourth-order valence-corrected chi connectivity index (χ4v) is 2.41. The number of nitrogens with two attached hydrogens (primary N) is 1. The van der Waals surface area contributed by atoms with Crippen molar-refractivity contribution >= 4 is 28.4 Å². The van der Waals surface area contributed by atoms with Crippen LogP contribution in [0.25, 0.3) is 5.82 Å². The van der Waals surface area contributed by atoms with Crippen LogP contribution in [-0.2, 0) is 6.42 Å². The molecule has 0 radical (unpaired) electrons. The normalized spacial score (nSPS) is 11.8. The molecule has 2 aromatic heterocycles. The number of hydrogen-bond acceptors (Lipinski definition) is 3. The maximum atomic E-state index is 6.16. The molecule has 102 valence electrons. The fraction of sp³-hybridized carbons (Fsp3) is 0.429. The van der Waals surface area contributed by atoms with Crippen LogP contribution in [0.5, 0.6) is 0 Å². The molecular formula is C14H19IN4. The molecule has 0 bridgehead atoms. The molecule has 0 saturated carbocycles. The predicted octanol–water partition coefficient (Wildman–Crippen LogP) is 3.35. The molecule has 2 N–H and O–H groups in total. The van der Waals surface area contributed by atoms with Gasteiger partial charge in [0.15, 0.2) is 5.82 Å². The van der Waals surface area contributed by atoms with E-state index in [2.05, 4.69) is 53.4 Å². The highest BCUT2D eigenvalue weighted by Crippen LogP contribution is 2.28. The molecule has 0 aliphatic carbocycles. The quantitative estimate of drug-likeness (QED) is 0.825. The molecule has 2 aromatic rings. The monoisotopic (exact) mass is 370 g/mol. The zero-order valence-corrected chi connectivity index (χ0v) is 13.9. The van der Waals surface area contributed by atoms with Gasteiger partial charge in [0, 0.05) is 6.20 Å². The van der Waals surface area contributed by atoms with E-state index < -0.39 is 0 Å². The second kappa shape index (κ2) is 5.11. The van der Waals surface area contributed by atoms with Crippen molar-refractivity contribution in [3.05, 3.63) is 33.2 Å². The number of aromatic nitrogens is 3. The van der Waals surface area contributed by atoms with Crippen molar-refractivity contribution in [3.8, 4) is 5.82 Å². The third-order valence-electron chi connectivity index (χ3n) is 2.74. The topological polar surface area (TPSA) is 56.7 Å². The van der Waals surface area contributed by atoms with Gasteiger partial charge in [0.05, 0.1) is 9.26 Å². The number of aryl methyl sites for hydroxylation is 1. The molecule has 0 aliphatic rings. The molecule has 0 saturated heterocycles. The average molecular weight is 370 g/mol. The van der Waals surface area contributed by atoms with E-state index in [9.17, 15) is 0 Å². The second-order valence-electron chi connectivity index (χ2n) is 5.99. The minimum atomic E-state index is 0.186. The summed E-state index contributed by atoms with van der Waals surface area (Å²) in [7, 11) is 0. The minimum absolute atomic E-state index is 0.186. The van der Waals surface area contributed by atoms with Crippen molar-refractivity contribution in [2.24, 2.45) is 5.41 Å². The lowest BCUT2D eigenvalue weighted by Crippen LogP contribution is -2.11. The lowest BCUT2D eigenvalue weighted by molar-refractivity contribution is 0.404. The number of hydrogen-bond donors (Lipinski definition) is 1. The van der Waals surface area contributed by atoms with Crippen molar-refractivity contribution in [2.75, 3.05) is 5.73 Å². The van der Waals surface area contributed by atoms with E-state index in [1.807, 2.05) is 19.1 Å². The average Bonchev–Trinajstić information content (AvgIpc) is 2.55. The van der Waals surface area contributed by atoms with Gasteiger partial charge < -0.3 is 5.73 Å². The van der Waals surface area contributed by atoms with Gasteiger partial charge in [0.2, 0.25) is 0 Å². The van der Waals surface area contributed by atoms with E-state index in [4.69, 9.17) is 5.73 Å². The Morgan fingerprint density at radius 1 is 1.37 bits per heavy atom. The summed E-state index contributed by atoms with van der Waals surface area (Å²) in [5.41, 5.74) is 8.53. The van der Waals surface area contributed by atoms with Crippen molar-refractivity contribution in [2.45, 2.75) is 34.1 Å². The number of pyridine rings is 1. The first-order chi connectivity index (χ1) is 8.78. The van der Waals surface area contributed by atoms with E-state index >= 15 is 0 Å². The molecule has 2 heterocycles. The van der Waals surface area contributed by atoms with Crippen LogP contribution in [0.3, 0.4) is 0 Å². The summed E-state index contributed by atoms with van der Waals surface area (Å²) in [6.45, 7) is 8.63. The third-order valence-corrected chi connectivity index (χ3v) is 3.92. The smallest absolute Gasteiger partial charge is 0.155 e. The van der Waals surface area contributed by atoms with Gasteiger partial charge in [-0.15, -0.1) is 0 Å². The Morgan fingerprint density at radius 2 is 2.05 bits per heavy atom. The maximum absolute atomic E-state index is 6.16. The highest BCUT2D eigenvalue weighted by atomic mass is 127. The summed E-state index contributed by atoms with van der Waals surface area (Å²) in [6.07, 6.45) is 2.68. The summed E-state index contributed by atoms with van der Waals surface area (Å²) in [5.74, 6) is 1.44. The van der Waals surface area contributed by atoms with E-state index in [1.165, 1.54) is 0 Å². The second-order valence-corrected chi connectivity index (χ2v) is 7.07. The van der Waals surface area contributed by atoms with Crippen molar-refractivity contribution in [1.82, 2.24) is 14.8 Å². The first kappa shape index (κ1) is 14.3. The molecule has 19 heavy (non-hydrogen) atoms. The van der Waals surface area contributed by atoms with Crippen LogP contribution in [0, 0.1) is 15.9 Å². The van der Waals surface area contributed by atoms with Crippen LogP contribution in [0.1, 0.15) is 32.0 Å². The molecule has 0 atom stereocenters. The van der Waals surface area contributed by atoms with Crippen LogP contribution in [0.15, 0.2) is 18.3 Å². The van der Waals surface area contributed by atoms with Crippen molar-refractivity contribution in [3.63, 3.8) is 0 Å². The molecule has 2 rings (SSSR count). The Kier molecular flexibility index (Phi) is 3.85. The van der Waals surface area contributed by atoms with Crippen LogP contribution >= 0.6 is 22.6 Å². The summed E-state index contributed by atoms with van der Waals surface area (Å²) in [5, 5.41) is 4.63. The van der Waals surface area contributed by atoms with E-state index in [0.717, 1.165) is 27.1 Å². The SMILES string of the molecule is Cc1ccnc(-n2nc(CC(C)(C)C)c(I)c2N)c1. The van der Waals surface area contributed by atoms with Gasteiger partial charge in [0.1, 0.15) is 5.82 Å². The standard InChI is InChI=1S/C14H19IN4/c1-9-5-6-17-11(7-9)19-13(16)12(15)10(18-19)8-14(2,3)4/h5-7H,8,16H2,1-4H3. The fourth-order valence-electron chi connectivity index (χ4n) is 1.89. The first-order valence-corrected chi connectivity index (χ1v) is 7.32. The van der Waals surface area contributed by atoms with Crippen molar-refractivity contribution < 1.29 is 0 Å². The van der Waals surface area contributed by atoms with Gasteiger partial charge >= 0.3 is 0 Å². The lowest BCUT2D eigenvalue weighted by atomic mass is 9.91. The zero-order valence-electron chi connectivity index (χ0n) is 11.7. The molecule has 0 aromatic carbocycles. The van der Waals surface area contributed by atoms with E-state index in [1.54, 1.807) is 10.9 Å². The number of rotatable bonds is 2. The predicted molar refractivity (Wildman–Crippen MR) is 86.4 cm³/mol. The maximum Gasteiger partial charge on any atom is 0.155 e. The van der Waals surface area contributed by atoms with Crippen LogP contribution in [0.2, 0.25) is 0 Å². The molecule has 5 heteroatoms. The molecule has 0 spiro atoms. The van der Waals surface area contributed by atoms with Crippen LogP contribution < -0.4 is 5.73 Å². The summed E-state index contributed by atoms with van der Waals surface area (Å²) >= 11 is 2.27. The van der Waals surface area contributed by atoms with Gasteiger partial charge in [-0.1, -0.05) is 20.8 Å². The first-order valence-electron chi connectivity index (χ1n) is 6.24. The molecule has 0 aliphatic heterocycles. The van der Waals surface area contributed by atoms with E-state index in [-0.39, 0.29) is 5.41 Å². The third kappa shape index (κ3) is 3.26.